The summed E-state index contributed by atoms with van der Waals surface area (Å²) in [5.41, 5.74) is 0. The second kappa shape index (κ2) is 8.53. The lowest BCUT2D eigenvalue weighted by Gasteiger charge is -2.00. The number of hydrogen-bond acceptors (Lipinski definition) is 4. The molecular weight excluding hydrogens is 220 g/mol. The van der Waals surface area contributed by atoms with Gasteiger partial charge >= 0.3 is 0 Å². The van der Waals surface area contributed by atoms with Gasteiger partial charge in [-0.2, -0.15) is 0 Å². The molecule has 0 aliphatic rings. The second-order valence-electron chi connectivity index (χ2n) is 3.82. The van der Waals surface area contributed by atoms with E-state index in [0.717, 1.165) is 31.1 Å². The van der Waals surface area contributed by atoms with Crippen LogP contribution in [0.3, 0.4) is 0 Å². The van der Waals surface area contributed by atoms with E-state index in [-0.39, 0.29) is 0 Å². The Morgan fingerprint density at radius 1 is 1.31 bits per heavy atom. The van der Waals surface area contributed by atoms with Crippen molar-refractivity contribution in [2.24, 2.45) is 0 Å². The number of aromatic nitrogens is 1. The van der Waals surface area contributed by atoms with Gasteiger partial charge in [-0.3, -0.25) is 0 Å². The lowest BCUT2D eigenvalue weighted by molar-refractivity contribution is 0.119. The van der Waals surface area contributed by atoms with E-state index >= 15 is 0 Å². The van der Waals surface area contributed by atoms with Crippen molar-refractivity contribution >= 4 is 16.5 Å². The highest BCUT2D eigenvalue weighted by atomic mass is 32.1. The van der Waals surface area contributed by atoms with Crippen LogP contribution in [0.15, 0.2) is 6.20 Å². The zero-order valence-corrected chi connectivity index (χ0v) is 11.1. The van der Waals surface area contributed by atoms with Crippen LogP contribution < -0.4 is 5.32 Å². The number of nitrogens with one attached hydrogen (secondary N) is 1. The maximum atomic E-state index is 5.58. The Morgan fingerprint density at radius 2 is 2.19 bits per heavy atom. The van der Waals surface area contributed by atoms with Crippen molar-refractivity contribution in [2.75, 3.05) is 18.5 Å². The largest absolute Gasteiger partial charge is 0.376 e. The van der Waals surface area contributed by atoms with Crippen LogP contribution in [-0.4, -0.2) is 18.1 Å². The SMILES string of the molecule is CCCCCOCc1cnc(NCCC)s1. The van der Waals surface area contributed by atoms with Crippen molar-refractivity contribution < 1.29 is 4.74 Å². The molecular formula is C12H22N2OS. The van der Waals surface area contributed by atoms with Gasteiger partial charge in [0.2, 0.25) is 0 Å². The summed E-state index contributed by atoms with van der Waals surface area (Å²) in [4.78, 5) is 5.50. The number of hydrogen-bond donors (Lipinski definition) is 1. The minimum absolute atomic E-state index is 0.704. The average molecular weight is 242 g/mol. The van der Waals surface area contributed by atoms with Crippen LogP contribution in [0.5, 0.6) is 0 Å². The van der Waals surface area contributed by atoms with Gasteiger partial charge in [-0.1, -0.05) is 38.0 Å². The lowest BCUT2D eigenvalue weighted by Crippen LogP contribution is -1.97. The third kappa shape index (κ3) is 5.47. The molecule has 0 bridgehead atoms. The fraction of sp³-hybridized carbons (Fsp3) is 0.750. The van der Waals surface area contributed by atoms with Crippen LogP contribution in [0.2, 0.25) is 0 Å². The maximum absolute atomic E-state index is 5.58. The summed E-state index contributed by atoms with van der Waals surface area (Å²) in [6.45, 7) is 6.91. The number of ether oxygens (including phenoxy) is 1. The van der Waals surface area contributed by atoms with Crippen molar-refractivity contribution in [2.45, 2.75) is 46.1 Å². The van der Waals surface area contributed by atoms with Gasteiger partial charge in [-0.05, 0) is 12.8 Å². The molecule has 1 rings (SSSR count). The molecule has 1 heterocycles. The van der Waals surface area contributed by atoms with Gasteiger partial charge in [0, 0.05) is 19.3 Å². The number of nitrogens with zero attached hydrogens (tertiary/aromatic N) is 1. The highest BCUT2D eigenvalue weighted by Gasteiger charge is 2.00. The molecule has 0 unspecified atom stereocenters. The quantitative estimate of drug-likeness (QED) is 0.671. The summed E-state index contributed by atoms with van der Waals surface area (Å²) < 4.78 is 5.58. The van der Waals surface area contributed by atoms with Crippen molar-refractivity contribution in [1.82, 2.24) is 4.98 Å². The van der Waals surface area contributed by atoms with Crippen LogP contribution in [0.1, 0.15) is 44.4 Å². The molecule has 0 radical (unpaired) electrons. The Bertz CT molecular complexity index is 276. The van der Waals surface area contributed by atoms with Gasteiger partial charge in [0.15, 0.2) is 5.13 Å². The van der Waals surface area contributed by atoms with Crippen molar-refractivity contribution in [3.05, 3.63) is 11.1 Å². The average Bonchev–Trinajstić information content (AvgIpc) is 2.74. The Hall–Kier alpha value is -0.610. The minimum atomic E-state index is 0.704. The molecule has 0 saturated carbocycles. The van der Waals surface area contributed by atoms with Gasteiger partial charge in [-0.15, -0.1) is 0 Å². The monoisotopic (exact) mass is 242 g/mol. The molecule has 0 saturated heterocycles. The summed E-state index contributed by atoms with van der Waals surface area (Å²) in [6, 6.07) is 0. The van der Waals surface area contributed by atoms with E-state index in [1.807, 2.05) is 6.20 Å². The van der Waals surface area contributed by atoms with Crippen LogP contribution in [0.4, 0.5) is 5.13 Å². The Labute approximate surface area is 102 Å². The molecule has 0 aromatic carbocycles. The molecule has 3 nitrogen and oxygen atoms in total. The lowest BCUT2D eigenvalue weighted by atomic mass is 10.3. The van der Waals surface area contributed by atoms with E-state index in [1.54, 1.807) is 11.3 Å². The molecule has 0 spiro atoms. The summed E-state index contributed by atoms with van der Waals surface area (Å²) in [5.74, 6) is 0. The molecule has 92 valence electrons. The van der Waals surface area contributed by atoms with Crippen LogP contribution in [-0.2, 0) is 11.3 Å². The Morgan fingerprint density at radius 3 is 2.94 bits per heavy atom. The van der Waals surface area contributed by atoms with E-state index < -0.39 is 0 Å². The summed E-state index contributed by atoms with van der Waals surface area (Å²) >= 11 is 1.69. The van der Waals surface area contributed by atoms with Crippen LogP contribution in [0.25, 0.3) is 0 Å². The smallest absolute Gasteiger partial charge is 0.182 e. The number of anilines is 1. The van der Waals surface area contributed by atoms with Gasteiger partial charge in [-0.25, -0.2) is 4.98 Å². The molecule has 0 aliphatic carbocycles. The number of rotatable bonds is 9. The number of thiazole rings is 1. The fourth-order valence-corrected chi connectivity index (χ4v) is 2.09. The summed E-state index contributed by atoms with van der Waals surface area (Å²) in [7, 11) is 0. The normalized spacial score (nSPS) is 10.6. The summed E-state index contributed by atoms with van der Waals surface area (Å²) in [6.07, 6.45) is 6.70. The molecule has 4 heteroatoms. The molecule has 1 aromatic rings. The predicted octanol–water partition coefficient (Wildman–Crippen LogP) is 3.67. The minimum Gasteiger partial charge on any atom is -0.376 e. The highest BCUT2D eigenvalue weighted by molar-refractivity contribution is 7.15. The molecule has 0 atom stereocenters. The summed E-state index contributed by atoms with van der Waals surface area (Å²) in [5, 5.41) is 4.29. The Kier molecular flexibility index (Phi) is 7.17. The van der Waals surface area contributed by atoms with E-state index in [9.17, 15) is 0 Å². The zero-order valence-electron chi connectivity index (χ0n) is 10.3. The van der Waals surface area contributed by atoms with E-state index in [4.69, 9.17) is 4.74 Å². The van der Waals surface area contributed by atoms with Crippen molar-refractivity contribution in [3.8, 4) is 0 Å². The molecule has 1 aromatic heterocycles. The standard InChI is InChI=1S/C12H22N2OS/c1-3-5-6-8-15-10-11-9-14-12(16-11)13-7-4-2/h9H,3-8,10H2,1-2H3,(H,13,14). The topological polar surface area (TPSA) is 34.1 Å². The molecule has 16 heavy (non-hydrogen) atoms. The zero-order chi connectivity index (χ0) is 11.6. The van der Waals surface area contributed by atoms with Crippen LogP contribution >= 0.6 is 11.3 Å². The van der Waals surface area contributed by atoms with E-state index in [2.05, 4.69) is 24.1 Å². The fourth-order valence-electron chi connectivity index (χ4n) is 1.31. The van der Waals surface area contributed by atoms with E-state index in [0.29, 0.717) is 6.61 Å². The highest BCUT2D eigenvalue weighted by Crippen LogP contribution is 2.18. The third-order valence-electron chi connectivity index (χ3n) is 2.22. The Balaban J connectivity index is 2.14. The first-order valence-corrected chi connectivity index (χ1v) is 6.94. The van der Waals surface area contributed by atoms with Gasteiger partial charge in [0.1, 0.15) is 0 Å². The van der Waals surface area contributed by atoms with Crippen molar-refractivity contribution in [1.29, 1.82) is 0 Å². The third-order valence-corrected chi connectivity index (χ3v) is 3.14. The first-order chi connectivity index (χ1) is 7.86. The molecule has 0 fully saturated rings. The maximum Gasteiger partial charge on any atom is 0.182 e. The predicted molar refractivity (Wildman–Crippen MR) is 70.1 cm³/mol. The second-order valence-corrected chi connectivity index (χ2v) is 4.93. The molecule has 0 amide bonds. The molecule has 0 aliphatic heterocycles. The van der Waals surface area contributed by atoms with E-state index in [1.165, 1.54) is 17.7 Å². The van der Waals surface area contributed by atoms with Gasteiger partial charge in [0.25, 0.3) is 0 Å². The first kappa shape index (κ1) is 13.5. The molecule has 1 N–H and O–H groups in total. The van der Waals surface area contributed by atoms with Crippen molar-refractivity contribution in [3.63, 3.8) is 0 Å². The first-order valence-electron chi connectivity index (χ1n) is 6.13. The van der Waals surface area contributed by atoms with Gasteiger partial charge < -0.3 is 10.1 Å². The number of unbranched alkanes of at least 4 members (excludes halogenated alkanes) is 2. The van der Waals surface area contributed by atoms with Crippen LogP contribution in [0, 0.1) is 0 Å². The van der Waals surface area contributed by atoms with Gasteiger partial charge in [0.05, 0.1) is 11.5 Å².